The number of amides is 2. The Kier molecular flexibility index (Phi) is 4.38. The van der Waals surface area contributed by atoms with E-state index in [9.17, 15) is 4.79 Å². The van der Waals surface area contributed by atoms with Gasteiger partial charge in [0.2, 0.25) is 0 Å². The third-order valence-electron chi connectivity index (χ3n) is 4.36. The topological polar surface area (TPSA) is 85.9 Å². The number of carbonyl (C=O) groups excluding carboxylic acids is 1. The molecule has 0 unspecified atom stereocenters. The molecule has 8 heteroatoms. The molecule has 0 aliphatic carbocycles. The molecule has 3 N–H and O–H groups in total. The number of aromatic amines is 1. The number of anilines is 1. The number of hydrogen-bond acceptors (Lipinski definition) is 4. The maximum Gasteiger partial charge on any atom is 0.315 e. The largest absolute Gasteiger partial charge is 0.352 e. The monoisotopic (exact) mass is 370 g/mol. The molecular formula is C18H19ClN6O. The third kappa shape index (κ3) is 3.17. The van der Waals surface area contributed by atoms with Crippen molar-refractivity contribution in [2.45, 2.75) is 13.0 Å². The first-order valence-corrected chi connectivity index (χ1v) is 8.92. The van der Waals surface area contributed by atoms with Crippen LogP contribution < -0.4 is 15.5 Å². The molecule has 1 fully saturated rings. The minimum absolute atomic E-state index is 0.119. The number of carbonyl (C=O) groups is 1. The molecule has 3 heterocycles. The molecule has 0 bridgehead atoms. The van der Waals surface area contributed by atoms with Crippen molar-refractivity contribution in [3.63, 3.8) is 0 Å². The fourth-order valence-corrected chi connectivity index (χ4v) is 3.21. The van der Waals surface area contributed by atoms with Crippen LogP contribution in [-0.2, 0) is 0 Å². The highest BCUT2D eigenvalue weighted by atomic mass is 35.5. The normalized spacial score (nSPS) is 14.3. The molecule has 4 rings (SSSR count). The van der Waals surface area contributed by atoms with Crippen molar-refractivity contribution in [1.29, 1.82) is 0 Å². The number of H-pyrrole nitrogens is 1. The summed E-state index contributed by atoms with van der Waals surface area (Å²) in [5.41, 5.74) is 2.67. The summed E-state index contributed by atoms with van der Waals surface area (Å²) >= 11 is 6.35. The van der Waals surface area contributed by atoms with E-state index in [-0.39, 0.29) is 12.1 Å². The van der Waals surface area contributed by atoms with E-state index in [1.807, 2.05) is 37.3 Å². The van der Waals surface area contributed by atoms with E-state index in [0.717, 1.165) is 28.2 Å². The van der Waals surface area contributed by atoms with Crippen molar-refractivity contribution in [2.24, 2.45) is 0 Å². The highest BCUT2D eigenvalue weighted by Gasteiger charge is 2.29. The summed E-state index contributed by atoms with van der Waals surface area (Å²) in [7, 11) is 0. The summed E-state index contributed by atoms with van der Waals surface area (Å²) in [5.74, 6) is 1.54. The molecule has 7 nitrogen and oxygen atoms in total. The zero-order valence-corrected chi connectivity index (χ0v) is 15.0. The lowest BCUT2D eigenvalue weighted by Crippen LogP contribution is -2.61. The first-order valence-electron chi connectivity index (χ1n) is 8.54. The van der Waals surface area contributed by atoms with Gasteiger partial charge in [0, 0.05) is 31.4 Å². The van der Waals surface area contributed by atoms with Crippen molar-refractivity contribution >= 4 is 34.5 Å². The standard InChI is InChI=1S/C18H19ClN6O/c1-2-20-18(26)22-11-9-25(10-11)16-7-12(13(19)8-21-16)17-23-14-5-3-4-6-15(14)24-17/h3-8,11H,2,9-10H2,1H3,(H,23,24)(H2,20,22,26). The van der Waals surface area contributed by atoms with Gasteiger partial charge in [-0.1, -0.05) is 23.7 Å². The second-order valence-corrected chi connectivity index (χ2v) is 6.64. The number of pyridine rings is 1. The van der Waals surface area contributed by atoms with Gasteiger partial charge in [0.05, 0.1) is 22.1 Å². The SMILES string of the molecule is CCNC(=O)NC1CN(c2cc(-c3nc4ccccc4[nH]3)c(Cl)cn2)C1. The number of fused-ring (bicyclic) bond motifs is 1. The highest BCUT2D eigenvalue weighted by Crippen LogP contribution is 2.31. The maximum atomic E-state index is 11.6. The van der Waals surface area contributed by atoms with Crippen LogP contribution in [-0.4, -0.2) is 46.7 Å². The summed E-state index contributed by atoms with van der Waals surface area (Å²) in [6.45, 7) is 3.93. The molecule has 0 atom stereocenters. The summed E-state index contributed by atoms with van der Waals surface area (Å²) in [6, 6.07) is 9.77. The second kappa shape index (κ2) is 6.84. The smallest absolute Gasteiger partial charge is 0.315 e. The molecule has 0 saturated carbocycles. The average molecular weight is 371 g/mol. The lowest BCUT2D eigenvalue weighted by Gasteiger charge is -2.40. The Morgan fingerprint density at radius 2 is 2.19 bits per heavy atom. The number of aromatic nitrogens is 3. The molecule has 2 amide bonds. The molecule has 1 aromatic carbocycles. The number of urea groups is 1. The van der Waals surface area contributed by atoms with E-state index in [1.165, 1.54) is 0 Å². The Hall–Kier alpha value is -2.80. The first kappa shape index (κ1) is 16.7. The van der Waals surface area contributed by atoms with Crippen LogP contribution in [0.1, 0.15) is 6.92 Å². The van der Waals surface area contributed by atoms with Gasteiger partial charge in [0.25, 0.3) is 0 Å². The number of halogens is 1. The Morgan fingerprint density at radius 3 is 2.96 bits per heavy atom. The zero-order chi connectivity index (χ0) is 18.1. The Balaban J connectivity index is 1.51. The number of benzene rings is 1. The molecule has 2 aromatic heterocycles. The van der Waals surface area contributed by atoms with E-state index in [1.54, 1.807) is 6.20 Å². The van der Waals surface area contributed by atoms with Crippen molar-refractivity contribution < 1.29 is 4.79 Å². The molecule has 26 heavy (non-hydrogen) atoms. The predicted molar refractivity (Wildman–Crippen MR) is 103 cm³/mol. The fourth-order valence-electron chi connectivity index (χ4n) is 3.02. The summed E-state index contributed by atoms with van der Waals surface area (Å²) < 4.78 is 0. The second-order valence-electron chi connectivity index (χ2n) is 6.23. The van der Waals surface area contributed by atoms with Gasteiger partial charge in [-0.05, 0) is 25.1 Å². The maximum absolute atomic E-state index is 11.6. The molecule has 1 aliphatic heterocycles. The molecule has 1 saturated heterocycles. The lowest BCUT2D eigenvalue weighted by atomic mass is 10.1. The number of para-hydroxylation sites is 2. The minimum atomic E-state index is -0.135. The average Bonchev–Trinajstić information content (AvgIpc) is 3.02. The fraction of sp³-hybridized carbons (Fsp3) is 0.278. The lowest BCUT2D eigenvalue weighted by molar-refractivity contribution is 0.234. The van der Waals surface area contributed by atoms with Crippen molar-refractivity contribution in [3.8, 4) is 11.4 Å². The summed E-state index contributed by atoms with van der Waals surface area (Å²) in [5, 5.41) is 6.21. The van der Waals surface area contributed by atoms with E-state index < -0.39 is 0 Å². The Labute approximate surface area is 155 Å². The Bertz CT molecular complexity index is 917. The third-order valence-corrected chi connectivity index (χ3v) is 4.66. The van der Waals surface area contributed by atoms with Gasteiger partial charge in [0.15, 0.2) is 0 Å². The van der Waals surface area contributed by atoms with E-state index in [2.05, 4.69) is 30.5 Å². The van der Waals surface area contributed by atoms with Crippen LogP contribution in [0.5, 0.6) is 0 Å². The van der Waals surface area contributed by atoms with Gasteiger partial charge >= 0.3 is 6.03 Å². The number of nitrogens with zero attached hydrogens (tertiary/aromatic N) is 3. The molecule has 0 spiro atoms. The van der Waals surface area contributed by atoms with Gasteiger partial charge in [-0.3, -0.25) is 0 Å². The molecule has 3 aromatic rings. The summed E-state index contributed by atoms with van der Waals surface area (Å²) in [6.07, 6.45) is 1.64. The van der Waals surface area contributed by atoms with E-state index >= 15 is 0 Å². The number of imidazole rings is 1. The van der Waals surface area contributed by atoms with Crippen LogP contribution in [0.15, 0.2) is 36.5 Å². The molecule has 134 valence electrons. The minimum Gasteiger partial charge on any atom is -0.352 e. The van der Waals surface area contributed by atoms with Gasteiger partial charge in [-0.2, -0.15) is 0 Å². The number of rotatable bonds is 4. The van der Waals surface area contributed by atoms with Crippen LogP contribution in [0.3, 0.4) is 0 Å². The van der Waals surface area contributed by atoms with Gasteiger partial charge < -0.3 is 20.5 Å². The van der Waals surface area contributed by atoms with Crippen LogP contribution in [0.25, 0.3) is 22.4 Å². The molecule has 1 aliphatic rings. The highest BCUT2D eigenvalue weighted by molar-refractivity contribution is 6.33. The van der Waals surface area contributed by atoms with Gasteiger partial charge in [-0.15, -0.1) is 0 Å². The number of nitrogens with one attached hydrogen (secondary N) is 3. The van der Waals surface area contributed by atoms with Crippen molar-refractivity contribution in [2.75, 3.05) is 24.5 Å². The van der Waals surface area contributed by atoms with E-state index in [0.29, 0.717) is 24.7 Å². The van der Waals surface area contributed by atoms with Gasteiger partial charge in [0.1, 0.15) is 11.6 Å². The molecule has 0 radical (unpaired) electrons. The van der Waals surface area contributed by atoms with Crippen LogP contribution in [0.2, 0.25) is 5.02 Å². The summed E-state index contributed by atoms with van der Waals surface area (Å²) in [4.78, 5) is 26.0. The Morgan fingerprint density at radius 1 is 1.38 bits per heavy atom. The van der Waals surface area contributed by atoms with Crippen molar-refractivity contribution in [1.82, 2.24) is 25.6 Å². The van der Waals surface area contributed by atoms with Crippen LogP contribution in [0, 0.1) is 0 Å². The van der Waals surface area contributed by atoms with Crippen molar-refractivity contribution in [3.05, 3.63) is 41.6 Å². The van der Waals surface area contributed by atoms with Gasteiger partial charge in [-0.25, -0.2) is 14.8 Å². The zero-order valence-electron chi connectivity index (χ0n) is 14.3. The predicted octanol–water partition coefficient (Wildman–Crippen LogP) is 2.79. The molecular weight excluding hydrogens is 352 g/mol. The number of hydrogen-bond donors (Lipinski definition) is 3. The van der Waals surface area contributed by atoms with Crippen LogP contribution in [0.4, 0.5) is 10.6 Å². The first-order chi connectivity index (χ1) is 12.6. The van der Waals surface area contributed by atoms with E-state index in [4.69, 9.17) is 11.6 Å². The van der Waals surface area contributed by atoms with Crippen LogP contribution >= 0.6 is 11.6 Å². The quantitative estimate of drug-likeness (QED) is 0.659.